The van der Waals surface area contributed by atoms with Crippen LogP contribution in [0.2, 0.25) is 0 Å². The standard InChI is InChI=1S/C13H13Br2N3O/c1-2-5-18-12(10(15)7-17-18)13(19)9-6-8(14)3-4-11(9)16/h3-4,6-7H,2,5,16H2,1H3. The molecule has 0 saturated heterocycles. The van der Waals surface area contributed by atoms with Crippen molar-refractivity contribution in [2.75, 3.05) is 5.73 Å². The highest BCUT2D eigenvalue weighted by molar-refractivity contribution is 9.10. The molecule has 0 radical (unpaired) electrons. The first-order valence-corrected chi connectivity index (χ1v) is 7.44. The van der Waals surface area contributed by atoms with Gasteiger partial charge in [0, 0.05) is 22.3 Å². The molecule has 6 heteroatoms. The highest BCUT2D eigenvalue weighted by Crippen LogP contribution is 2.25. The zero-order valence-electron chi connectivity index (χ0n) is 10.4. The second-order valence-electron chi connectivity index (χ2n) is 4.12. The number of carbonyl (C=O) groups excluding carboxylic acids is 1. The molecule has 0 aliphatic heterocycles. The molecule has 0 spiro atoms. The van der Waals surface area contributed by atoms with Crippen LogP contribution in [0.4, 0.5) is 5.69 Å². The molecular formula is C13H13Br2N3O. The van der Waals surface area contributed by atoms with Gasteiger partial charge in [0.1, 0.15) is 5.69 Å². The van der Waals surface area contributed by atoms with E-state index in [2.05, 4.69) is 37.0 Å². The first kappa shape index (κ1) is 14.3. The average Bonchev–Trinajstić information content (AvgIpc) is 2.73. The molecule has 0 aliphatic rings. The minimum atomic E-state index is -0.128. The molecule has 1 heterocycles. The van der Waals surface area contributed by atoms with Crippen molar-refractivity contribution in [1.82, 2.24) is 9.78 Å². The number of ketones is 1. The Kier molecular flexibility index (Phi) is 4.42. The molecule has 2 aromatic rings. The van der Waals surface area contributed by atoms with Gasteiger partial charge in [-0.05, 0) is 40.5 Å². The molecule has 4 nitrogen and oxygen atoms in total. The lowest BCUT2D eigenvalue weighted by Crippen LogP contribution is -2.13. The van der Waals surface area contributed by atoms with Gasteiger partial charge in [0.05, 0.1) is 10.7 Å². The van der Waals surface area contributed by atoms with Crippen LogP contribution >= 0.6 is 31.9 Å². The Balaban J connectivity index is 2.49. The van der Waals surface area contributed by atoms with Crippen LogP contribution in [0.25, 0.3) is 0 Å². The van der Waals surface area contributed by atoms with Crippen molar-refractivity contribution in [3.05, 3.63) is 44.6 Å². The van der Waals surface area contributed by atoms with E-state index in [9.17, 15) is 4.79 Å². The number of benzene rings is 1. The normalized spacial score (nSPS) is 10.7. The van der Waals surface area contributed by atoms with E-state index in [0.29, 0.717) is 28.0 Å². The molecule has 100 valence electrons. The highest BCUT2D eigenvalue weighted by Gasteiger charge is 2.20. The minimum Gasteiger partial charge on any atom is -0.398 e. The molecule has 1 aromatic carbocycles. The van der Waals surface area contributed by atoms with E-state index in [1.807, 2.05) is 13.0 Å². The Hall–Kier alpha value is -1.14. The molecule has 0 aliphatic carbocycles. The van der Waals surface area contributed by atoms with Crippen LogP contribution < -0.4 is 5.73 Å². The molecule has 0 atom stereocenters. The highest BCUT2D eigenvalue weighted by atomic mass is 79.9. The number of carbonyl (C=O) groups is 1. The monoisotopic (exact) mass is 385 g/mol. The third kappa shape index (κ3) is 2.90. The molecule has 2 N–H and O–H groups in total. The van der Waals surface area contributed by atoms with Crippen LogP contribution in [0.15, 0.2) is 33.3 Å². The van der Waals surface area contributed by atoms with Crippen LogP contribution in [0, 0.1) is 0 Å². The molecule has 0 fully saturated rings. The van der Waals surface area contributed by atoms with Gasteiger partial charge < -0.3 is 5.73 Å². The van der Waals surface area contributed by atoms with Crippen molar-refractivity contribution >= 4 is 43.3 Å². The number of nitrogens with zero attached hydrogens (tertiary/aromatic N) is 2. The van der Waals surface area contributed by atoms with Gasteiger partial charge in [-0.1, -0.05) is 22.9 Å². The number of nitrogens with two attached hydrogens (primary N) is 1. The zero-order valence-corrected chi connectivity index (χ0v) is 13.5. The van der Waals surface area contributed by atoms with Crippen molar-refractivity contribution in [3.63, 3.8) is 0 Å². The Morgan fingerprint density at radius 1 is 1.42 bits per heavy atom. The molecule has 1 aromatic heterocycles. The van der Waals surface area contributed by atoms with Gasteiger partial charge in [-0.15, -0.1) is 0 Å². The van der Waals surface area contributed by atoms with Crippen molar-refractivity contribution < 1.29 is 4.79 Å². The third-order valence-electron chi connectivity index (χ3n) is 2.71. The number of hydrogen-bond acceptors (Lipinski definition) is 3. The van der Waals surface area contributed by atoms with Crippen LogP contribution in [0.3, 0.4) is 0 Å². The van der Waals surface area contributed by atoms with E-state index in [0.717, 1.165) is 10.9 Å². The summed E-state index contributed by atoms with van der Waals surface area (Å²) in [6, 6.07) is 5.25. The summed E-state index contributed by atoms with van der Waals surface area (Å²) in [6.07, 6.45) is 2.54. The molecule has 0 amide bonds. The topological polar surface area (TPSA) is 60.9 Å². The lowest BCUT2D eigenvalue weighted by atomic mass is 10.1. The molecular weight excluding hydrogens is 374 g/mol. The van der Waals surface area contributed by atoms with E-state index in [1.165, 1.54) is 0 Å². The van der Waals surface area contributed by atoms with Crippen molar-refractivity contribution in [1.29, 1.82) is 0 Å². The third-order valence-corrected chi connectivity index (χ3v) is 3.78. The van der Waals surface area contributed by atoms with Crippen LogP contribution in [0.1, 0.15) is 29.4 Å². The molecule has 0 unspecified atom stereocenters. The maximum absolute atomic E-state index is 12.6. The average molecular weight is 387 g/mol. The Bertz CT molecular complexity index is 622. The lowest BCUT2D eigenvalue weighted by molar-refractivity contribution is 0.102. The molecule has 19 heavy (non-hydrogen) atoms. The largest absolute Gasteiger partial charge is 0.398 e. The lowest BCUT2D eigenvalue weighted by Gasteiger charge is -2.08. The zero-order chi connectivity index (χ0) is 14.0. The van der Waals surface area contributed by atoms with Gasteiger partial charge in [-0.25, -0.2) is 0 Å². The van der Waals surface area contributed by atoms with Crippen LogP contribution in [0.5, 0.6) is 0 Å². The van der Waals surface area contributed by atoms with Crippen molar-refractivity contribution in [2.45, 2.75) is 19.9 Å². The first-order valence-electron chi connectivity index (χ1n) is 5.85. The van der Waals surface area contributed by atoms with Crippen molar-refractivity contribution in [2.24, 2.45) is 0 Å². The summed E-state index contributed by atoms with van der Waals surface area (Å²) in [7, 11) is 0. The Morgan fingerprint density at radius 2 is 2.16 bits per heavy atom. The smallest absolute Gasteiger partial charge is 0.214 e. The predicted molar refractivity (Wildman–Crippen MR) is 82.2 cm³/mol. The number of aromatic nitrogens is 2. The maximum atomic E-state index is 12.6. The second-order valence-corrected chi connectivity index (χ2v) is 5.89. The minimum absolute atomic E-state index is 0.128. The van der Waals surface area contributed by atoms with Gasteiger partial charge in [0.25, 0.3) is 0 Å². The Morgan fingerprint density at radius 3 is 2.84 bits per heavy atom. The number of hydrogen-bond donors (Lipinski definition) is 1. The van der Waals surface area contributed by atoms with E-state index in [-0.39, 0.29) is 5.78 Å². The van der Waals surface area contributed by atoms with Gasteiger partial charge in [0.15, 0.2) is 0 Å². The number of anilines is 1. The number of nitrogen functional groups attached to an aromatic ring is 1. The Labute approximate surface area is 128 Å². The summed E-state index contributed by atoms with van der Waals surface area (Å²) in [6.45, 7) is 2.73. The fourth-order valence-corrected chi connectivity index (χ4v) is 2.66. The summed E-state index contributed by atoms with van der Waals surface area (Å²) in [5.74, 6) is -0.128. The summed E-state index contributed by atoms with van der Waals surface area (Å²) in [4.78, 5) is 12.6. The van der Waals surface area contributed by atoms with Gasteiger partial charge in [-0.3, -0.25) is 9.48 Å². The first-order chi connectivity index (χ1) is 9.04. The second kappa shape index (κ2) is 5.88. The molecule has 0 bridgehead atoms. The van der Waals surface area contributed by atoms with Crippen molar-refractivity contribution in [3.8, 4) is 0 Å². The quantitative estimate of drug-likeness (QED) is 0.644. The summed E-state index contributed by atoms with van der Waals surface area (Å²) < 4.78 is 3.21. The van der Waals surface area contributed by atoms with Crippen LogP contribution in [-0.4, -0.2) is 15.6 Å². The van der Waals surface area contributed by atoms with Crippen LogP contribution in [-0.2, 0) is 6.54 Å². The van der Waals surface area contributed by atoms with Gasteiger partial charge >= 0.3 is 0 Å². The fourth-order valence-electron chi connectivity index (χ4n) is 1.82. The fraction of sp³-hybridized carbons (Fsp3) is 0.231. The summed E-state index contributed by atoms with van der Waals surface area (Å²) >= 11 is 6.73. The predicted octanol–water partition coefficient (Wildman–Crippen LogP) is 3.63. The summed E-state index contributed by atoms with van der Waals surface area (Å²) in [5.41, 5.74) is 7.36. The molecule has 2 rings (SSSR count). The number of aryl methyl sites for hydroxylation is 1. The molecule has 0 saturated carbocycles. The number of halogens is 2. The maximum Gasteiger partial charge on any atom is 0.214 e. The van der Waals surface area contributed by atoms with Gasteiger partial charge in [-0.2, -0.15) is 5.10 Å². The van der Waals surface area contributed by atoms with E-state index in [1.54, 1.807) is 23.0 Å². The summed E-state index contributed by atoms with van der Waals surface area (Å²) in [5, 5.41) is 4.20. The van der Waals surface area contributed by atoms with E-state index in [4.69, 9.17) is 5.73 Å². The van der Waals surface area contributed by atoms with E-state index < -0.39 is 0 Å². The van der Waals surface area contributed by atoms with E-state index >= 15 is 0 Å². The SMILES string of the molecule is CCCn1ncc(Br)c1C(=O)c1cc(Br)ccc1N. The van der Waals surface area contributed by atoms with Gasteiger partial charge in [0.2, 0.25) is 5.78 Å². The number of rotatable bonds is 4.